The Bertz CT molecular complexity index is 912. The molecule has 2 aromatic carbocycles. The van der Waals surface area contributed by atoms with E-state index in [9.17, 15) is 13.2 Å². The molecule has 0 aliphatic heterocycles. The first-order chi connectivity index (χ1) is 12.6. The van der Waals surface area contributed by atoms with Crippen molar-refractivity contribution >= 4 is 33.2 Å². The van der Waals surface area contributed by atoms with Crippen molar-refractivity contribution in [2.24, 2.45) is 5.92 Å². The highest BCUT2D eigenvalue weighted by atomic mass is 35.5. The molecule has 2 aromatic rings. The van der Waals surface area contributed by atoms with Crippen LogP contribution in [0, 0.1) is 5.92 Å². The average molecular weight is 411 g/mol. The molecule has 0 aliphatic rings. The fourth-order valence-electron chi connectivity index (χ4n) is 2.64. The van der Waals surface area contributed by atoms with Gasteiger partial charge in [-0.2, -0.15) is 0 Å². The minimum Gasteiger partial charge on any atom is -0.495 e. The van der Waals surface area contributed by atoms with Crippen LogP contribution in [0.25, 0.3) is 0 Å². The number of amides is 1. The Morgan fingerprint density at radius 2 is 1.74 bits per heavy atom. The fourth-order valence-corrected chi connectivity index (χ4v) is 4.16. The van der Waals surface area contributed by atoms with Crippen LogP contribution in [0.15, 0.2) is 47.4 Å². The number of hydrogen-bond acceptors (Lipinski definition) is 4. The van der Waals surface area contributed by atoms with Crippen LogP contribution in [0.3, 0.4) is 0 Å². The molecule has 0 spiro atoms. The van der Waals surface area contributed by atoms with Crippen LogP contribution in [0.4, 0.5) is 5.69 Å². The molecule has 0 saturated heterocycles. The minimum atomic E-state index is -3.84. The molecule has 2 N–H and O–H groups in total. The summed E-state index contributed by atoms with van der Waals surface area (Å²) < 4.78 is 33.8. The SMILES string of the molecule is COc1ccc(S(=O)(=O)N[C@H](c2ccc(Cl)cc2)C(C)C)cc1NC(C)=O. The Kier molecular flexibility index (Phi) is 6.86. The summed E-state index contributed by atoms with van der Waals surface area (Å²) in [4.78, 5) is 11.4. The molecule has 0 bridgehead atoms. The molecular weight excluding hydrogens is 388 g/mol. The summed E-state index contributed by atoms with van der Waals surface area (Å²) in [5.74, 6) is 0.0632. The van der Waals surface area contributed by atoms with Crippen molar-refractivity contribution in [2.45, 2.75) is 31.7 Å². The van der Waals surface area contributed by atoms with Gasteiger partial charge in [0, 0.05) is 18.0 Å². The van der Waals surface area contributed by atoms with E-state index in [-0.39, 0.29) is 16.7 Å². The van der Waals surface area contributed by atoms with Crippen molar-refractivity contribution in [1.29, 1.82) is 0 Å². The Morgan fingerprint density at radius 3 is 2.26 bits per heavy atom. The van der Waals surface area contributed by atoms with Gasteiger partial charge in [-0.25, -0.2) is 13.1 Å². The van der Waals surface area contributed by atoms with Crippen LogP contribution in [-0.2, 0) is 14.8 Å². The van der Waals surface area contributed by atoms with Crippen molar-refractivity contribution in [1.82, 2.24) is 4.72 Å². The van der Waals surface area contributed by atoms with Crippen molar-refractivity contribution in [3.63, 3.8) is 0 Å². The molecule has 1 atom stereocenters. The number of hydrogen-bond donors (Lipinski definition) is 2. The molecule has 0 saturated carbocycles. The highest BCUT2D eigenvalue weighted by Gasteiger charge is 2.25. The summed E-state index contributed by atoms with van der Waals surface area (Å²) in [6.07, 6.45) is 0. The lowest BCUT2D eigenvalue weighted by molar-refractivity contribution is -0.114. The highest BCUT2D eigenvalue weighted by molar-refractivity contribution is 7.89. The molecule has 8 heteroatoms. The van der Waals surface area contributed by atoms with E-state index < -0.39 is 16.1 Å². The molecule has 0 heterocycles. The van der Waals surface area contributed by atoms with E-state index >= 15 is 0 Å². The zero-order valence-corrected chi connectivity index (χ0v) is 17.2. The van der Waals surface area contributed by atoms with Crippen LogP contribution in [0.5, 0.6) is 5.75 Å². The first-order valence-electron chi connectivity index (χ1n) is 8.37. The standard InChI is InChI=1S/C19H23ClN2O4S/c1-12(2)19(14-5-7-15(20)8-6-14)22-27(24,25)16-9-10-18(26-4)17(11-16)21-13(3)23/h5-12,19,22H,1-4H3,(H,21,23)/t19-/m0/s1. The van der Waals surface area contributed by atoms with Crippen molar-refractivity contribution in [3.8, 4) is 5.75 Å². The van der Waals surface area contributed by atoms with E-state index in [1.165, 1.54) is 32.2 Å². The lowest BCUT2D eigenvalue weighted by Gasteiger charge is -2.23. The maximum absolute atomic E-state index is 12.9. The van der Waals surface area contributed by atoms with Crippen molar-refractivity contribution in [2.75, 3.05) is 12.4 Å². The van der Waals surface area contributed by atoms with E-state index in [1.807, 2.05) is 13.8 Å². The highest BCUT2D eigenvalue weighted by Crippen LogP contribution is 2.30. The summed E-state index contributed by atoms with van der Waals surface area (Å²) in [7, 11) is -2.39. The summed E-state index contributed by atoms with van der Waals surface area (Å²) in [5, 5.41) is 3.16. The molecule has 2 rings (SSSR count). The van der Waals surface area contributed by atoms with Gasteiger partial charge in [0.05, 0.1) is 17.7 Å². The third-order valence-electron chi connectivity index (χ3n) is 3.97. The number of rotatable bonds is 7. The van der Waals surface area contributed by atoms with Crippen LogP contribution in [0.1, 0.15) is 32.4 Å². The number of halogens is 1. The molecule has 0 unspecified atom stereocenters. The van der Waals surface area contributed by atoms with Crippen LogP contribution < -0.4 is 14.8 Å². The molecule has 0 aliphatic carbocycles. The molecule has 1 amide bonds. The van der Waals surface area contributed by atoms with Gasteiger partial charge in [0.1, 0.15) is 5.75 Å². The molecule has 6 nitrogen and oxygen atoms in total. The first-order valence-corrected chi connectivity index (χ1v) is 10.2. The lowest BCUT2D eigenvalue weighted by atomic mass is 9.97. The van der Waals surface area contributed by atoms with Crippen LogP contribution >= 0.6 is 11.6 Å². The van der Waals surface area contributed by atoms with E-state index in [1.54, 1.807) is 24.3 Å². The second-order valence-electron chi connectivity index (χ2n) is 6.44. The van der Waals surface area contributed by atoms with Gasteiger partial charge in [0.2, 0.25) is 15.9 Å². The fraction of sp³-hybridized carbons (Fsp3) is 0.316. The van der Waals surface area contributed by atoms with Gasteiger partial charge in [-0.1, -0.05) is 37.6 Å². The summed E-state index contributed by atoms with van der Waals surface area (Å²) in [5.41, 5.74) is 1.11. The molecular formula is C19H23ClN2O4S. The van der Waals surface area contributed by atoms with E-state index in [0.717, 1.165) is 5.56 Å². The van der Waals surface area contributed by atoms with Crippen molar-refractivity contribution in [3.05, 3.63) is 53.1 Å². The zero-order valence-electron chi connectivity index (χ0n) is 15.6. The van der Waals surface area contributed by atoms with E-state index in [2.05, 4.69) is 10.0 Å². The smallest absolute Gasteiger partial charge is 0.241 e. The topological polar surface area (TPSA) is 84.5 Å². The third kappa shape index (κ3) is 5.45. The quantitative estimate of drug-likeness (QED) is 0.722. The second kappa shape index (κ2) is 8.73. The predicted octanol–water partition coefficient (Wildman–Crippen LogP) is 3.98. The van der Waals surface area contributed by atoms with Gasteiger partial charge < -0.3 is 10.1 Å². The monoisotopic (exact) mass is 410 g/mol. The summed E-state index contributed by atoms with van der Waals surface area (Å²) >= 11 is 5.93. The first kappa shape index (κ1) is 21.2. The summed E-state index contributed by atoms with van der Waals surface area (Å²) in [6, 6.07) is 10.9. The normalized spacial score (nSPS) is 12.7. The van der Waals surface area contributed by atoms with Gasteiger partial charge in [-0.3, -0.25) is 4.79 Å². The number of benzene rings is 2. The molecule has 0 radical (unpaired) electrons. The van der Waals surface area contributed by atoms with Gasteiger partial charge in [-0.05, 0) is 41.8 Å². The number of nitrogens with one attached hydrogen (secondary N) is 2. The minimum absolute atomic E-state index is 0.00835. The Labute approximate surface area is 164 Å². The zero-order chi connectivity index (χ0) is 20.2. The molecule has 0 aromatic heterocycles. The van der Waals surface area contributed by atoms with Gasteiger partial charge in [-0.15, -0.1) is 0 Å². The number of sulfonamides is 1. The van der Waals surface area contributed by atoms with Crippen LogP contribution in [-0.4, -0.2) is 21.4 Å². The molecule has 146 valence electrons. The molecule has 27 heavy (non-hydrogen) atoms. The Morgan fingerprint density at radius 1 is 1.11 bits per heavy atom. The lowest BCUT2D eigenvalue weighted by Crippen LogP contribution is -2.31. The average Bonchev–Trinajstić information content (AvgIpc) is 2.60. The number of anilines is 1. The van der Waals surface area contributed by atoms with Gasteiger partial charge >= 0.3 is 0 Å². The number of methoxy groups -OCH3 is 1. The Balaban J connectivity index is 2.38. The van der Waals surface area contributed by atoms with Crippen molar-refractivity contribution < 1.29 is 17.9 Å². The second-order valence-corrected chi connectivity index (χ2v) is 8.59. The number of carbonyl (C=O) groups excluding carboxylic acids is 1. The maximum Gasteiger partial charge on any atom is 0.241 e. The van der Waals surface area contributed by atoms with E-state index in [4.69, 9.17) is 16.3 Å². The predicted molar refractivity (Wildman–Crippen MR) is 107 cm³/mol. The van der Waals surface area contributed by atoms with Gasteiger partial charge in [0.25, 0.3) is 0 Å². The maximum atomic E-state index is 12.9. The number of carbonyl (C=O) groups is 1. The third-order valence-corrected chi connectivity index (χ3v) is 5.66. The largest absolute Gasteiger partial charge is 0.495 e. The van der Waals surface area contributed by atoms with E-state index in [0.29, 0.717) is 16.5 Å². The Hall–Kier alpha value is -2.09. The number of ether oxygens (including phenoxy) is 1. The van der Waals surface area contributed by atoms with Crippen LogP contribution in [0.2, 0.25) is 5.02 Å². The summed E-state index contributed by atoms with van der Waals surface area (Å²) in [6.45, 7) is 5.20. The van der Waals surface area contributed by atoms with Gasteiger partial charge in [0.15, 0.2) is 0 Å². The molecule has 0 fully saturated rings.